The Labute approximate surface area is 142 Å². The minimum Gasteiger partial charge on any atom is -0.339 e. The molecule has 4 heteroatoms. The molecule has 3 rings (SSSR count). The van der Waals surface area contributed by atoms with Crippen molar-refractivity contribution < 1.29 is 4.79 Å². The van der Waals surface area contributed by atoms with Crippen LogP contribution in [0.4, 0.5) is 0 Å². The number of hydrogen-bond acceptors (Lipinski definition) is 2. The van der Waals surface area contributed by atoms with Gasteiger partial charge in [0, 0.05) is 18.5 Å². The largest absolute Gasteiger partial charge is 0.339 e. The molecule has 0 aromatic rings. The second-order valence-electron chi connectivity index (χ2n) is 7.43. The molecule has 0 spiro atoms. The average Bonchev–Trinajstić information content (AvgIpc) is 3.02. The van der Waals surface area contributed by atoms with Gasteiger partial charge in [0.2, 0.25) is 5.91 Å². The molecule has 1 saturated carbocycles. The number of piperidine rings is 1. The van der Waals surface area contributed by atoms with E-state index >= 15 is 0 Å². The second kappa shape index (κ2) is 9.12. The van der Waals surface area contributed by atoms with E-state index in [1.54, 1.807) is 0 Å². The lowest BCUT2D eigenvalue weighted by Crippen LogP contribution is -2.43. The molecule has 3 fully saturated rings. The molecule has 0 radical (unpaired) electrons. The van der Waals surface area contributed by atoms with Crippen LogP contribution in [0.15, 0.2) is 0 Å². The molecule has 2 aliphatic heterocycles. The van der Waals surface area contributed by atoms with E-state index in [1.807, 2.05) is 0 Å². The Morgan fingerprint density at radius 1 is 0.909 bits per heavy atom. The highest BCUT2D eigenvalue weighted by Gasteiger charge is 2.33. The van der Waals surface area contributed by atoms with E-state index in [0.717, 1.165) is 38.4 Å². The van der Waals surface area contributed by atoms with Gasteiger partial charge in [-0.1, -0.05) is 32.1 Å². The number of hydrogen-bond donors (Lipinski definition) is 1. The van der Waals surface area contributed by atoms with Crippen LogP contribution in [-0.4, -0.2) is 36.5 Å². The second-order valence-corrected chi connectivity index (χ2v) is 7.43. The van der Waals surface area contributed by atoms with Crippen LogP contribution in [0.2, 0.25) is 0 Å². The van der Waals surface area contributed by atoms with Gasteiger partial charge in [0.15, 0.2) is 0 Å². The van der Waals surface area contributed by atoms with Crippen LogP contribution in [0.3, 0.4) is 0 Å². The van der Waals surface area contributed by atoms with Gasteiger partial charge in [-0.3, -0.25) is 4.79 Å². The molecule has 0 bridgehead atoms. The van der Waals surface area contributed by atoms with Crippen molar-refractivity contribution in [3.05, 3.63) is 0 Å². The third-order valence-corrected chi connectivity index (χ3v) is 5.98. The van der Waals surface area contributed by atoms with Crippen LogP contribution in [-0.2, 0) is 4.79 Å². The summed E-state index contributed by atoms with van der Waals surface area (Å²) in [4.78, 5) is 15.0. The lowest BCUT2D eigenvalue weighted by molar-refractivity contribution is -0.137. The van der Waals surface area contributed by atoms with Crippen LogP contribution in [0.25, 0.3) is 0 Å². The van der Waals surface area contributed by atoms with Crippen LogP contribution in [0, 0.1) is 11.8 Å². The summed E-state index contributed by atoms with van der Waals surface area (Å²) in [5.41, 5.74) is 0. The average molecular weight is 329 g/mol. The molecular weight excluding hydrogens is 296 g/mol. The van der Waals surface area contributed by atoms with E-state index in [9.17, 15) is 4.79 Å². The number of likely N-dealkylation sites (tertiary alicyclic amines) is 1. The number of rotatable bonds is 4. The van der Waals surface area contributed by atoms with E-state index in [2.05, 4.69) is 10.2 Å². The lowest BCUT2D eigenvalue weighted by atomic mass is 9.85. The molecule has 128 valence electrons. The van der Waals surface area contributed by atoms with Crippen molar-refractivity contribution in [2.24, 2.45) is 11.8 Å². The van der Waals surface area contributed by atoms with Crippen molar-refractivity contribution >= 4 is 18.3 Å². The van der Waals surface area contributed by atoms with E-state index < -0.39 is 0 Å². The molecule has 22 heavy (non-hydrogen) atoms. The molecular formula is C18H33ClN2O. The first kappa shape index (κ1) is 18.1. The highest BCUT2D eigenvalue weighted by Crippen LogP contribution is 2.31. The van der Waals surface area contributed by atoms with Crippen LogP contribution >= 0.6 is 12.4 Å². The van der Waals surface area contributed by atoms with Crippen molar-refractivity contribution in [1.29, 1.82) is 0 Å². The van der Waals surface area contributed by atoms with Gasteiger partial charge in [-0.15, -0.1) is 12.4 Å². The molecule has 0 aromatic carbocycles. The minimum absolute atomic E-state index is 0. The number of nitrogens with one attached hydrogen (secondary N) is 1. The fraction of sp³-hybridized carbons (Fsp3) is 0.944. The highest BCUT2D eigenvalue weighted by molar-refractivity contribution is 5.85. The zero-order chi connectivity index (χ0) is 14.5. The molecule has 1 N–H and O–H groups in total. The molecule has 0 aromatic heterocycles. The number of halogens is 1. The molecule has 2 saturated heterocycles. The summed E-state index contributed by atoms with van der Waals surface area (Å²) >= 11 is 0. The minimum atomic E-state index is 0. The van der Waals surface area contributed by atoms with E-state index in [0.29, 0.717) is 17.9 Å². The van der Waals surface area contributed by atoms with Crippen molar-refractivity contribution in [2.75, 3.05) is 19.6 Å². The van der Waals surface area contributed by atoms with Gasteiger partial charge in [0.05, 0.1) is 0 Å². The van der Waals surface area contributed by atoms with E-state index in [4.69, 9.17) is 0 Å². The summed E-state index contributed by atoms with van der Waals surface area (Å²) in [5, 5.41) is 3.37. The monoisotopic (exact) mass is 328 g/mol. The Morgan fingerprint density at radius 3 is 2.36 bits per heavy atom. The topological polar surface area (TPSA) is 32.3 Å². The molecule has 1 aliphatic carbocycles. The Balaban J connectivity index is 0.00000176. The van der Waals surface area contributed by atoms with Crippen molar-refractivity contribution in [3.63, 3.8) is 0 Å². The molecule has 1 unspecified atom stereocenters. The van der Waals surface area contributed by atoms with E-state index in [1.165, 1.54) is 57.8 Å². The van der Waals surface area contributed by atoms with Gasteiger partial charge in [-0.2, -0.15) is 0 Å². The first-order valence-corrected chi connectivity index (χ1v) is 9.36. The van der Waals surface area contributed by atoms with Gasteiger partial charge in [-0.05, 0) is 57.5 Å². The van der Waals surface area contributed by atoms with Gasteiger partial charge in [-0.25, -0.2) is 0 Å². The van der Waals surface area contributed by atoms with Crippen LogP contribution in [0.1, 0.15) is 70.6 Å². The summed E-state index contributed by atoms with van der Waals surface area (Å²) in [6.07, 6.45) is 14.4. The Kier molecular flexibility index (Phi) is 7.49. The Bertz CT molecular complexity index is 338. The number of amides is 1. The zero-order valence-corrected chi connectivity index (χ0v) is 14.7. The number of carbonyl (C=O) groups is 1. The Morgan fingerprint density at radius 2 is 1.64 bits per heavy atom. The third kappa shape index (κ3) is 4.61. The van der Waals surface area contributed by atoms with Crippen molar-refractivity contribution in [3.8, 4) is 0 Å². The summed E-state index contributed by atoms with van der Waals surface area (Å²) in [5.74, 6) is 1.74. The predicted octanol–water partition coefficient (Wildman–Crippen LogP) is 3.76. The van der Waals surface area contributed by atoms with Gasteiger partial charge in [0.25, 0.3) is 0 Å². The summed E-state index contributed by atoms with van der Waals surface area (Å²) in [7, 11) is 0. The fourth-order valence-corrected chi connectivity index (χ4v) is 4.63. The van der Waals surface area contributed by atoms with Crippen molar-refractivity contribution in [2.45, 2.75) is 76.7 Å². The van der Waals surface area contributed by atoms with Crippen LogP contribution in [0.5, 0.6) is 0 Å². The van der Waals surface area contributed by atoms with Gasteiger partial charge < -0.3 is 10.2 Å². The molecule has 1 atom stereocenters. The zero-order valence-electron chi connectivity index (χ0n) is 13.9. The smallest absolute Gasteiger partial charge is 0.226 e. The molecule has 1 amide bonds. The third-order valence-electron chi connectivity index (χ3n) is 5.98. The predicted molar refractivity (Wildman–Crippen MR) is 93.4 cm³/mol. The number of nitrogens with zero attached hydrogens (tertiary/aromatic N) is 1. The van der Waals surface area contributed by atoms with Crippen molar-refractivity contribution in [1.82, 2.24) is 10.2 Å². The van der Waals surface area contributed by atoms with Crippen LogP contribution < -0.4 is 5.32 Å². The maximum absolute atomic E-state index is 12.8. The van der Waals surface area contributed by atoms with Gasteiger partial charge in [0.1, 0.15) is 0 Å². The molecule has 2 heterocycles. The quantitative estimate of drug-likeness (QED) is 0.852. The summed E-state index contributed by atoms with van der Waals surface area (Å²) in [6.45, 7) is 3.08. The number of carbonyl (C=O) groups excluding carboxylic acids is 1. The standard InChI is InChI=1S/C18H32N2O.ClH/c21-18(16-10-12-19-13-11-16)20-14-4-7-17(20)9-8-15-5-2-1-3-6-15;/h15-17,19H,1-14H2;1H. The molecule has 3 aliphatic rings. The maximum Gasteiger partial charge on any atom is 0.226 e. The molecule has 3 nitrogen and oxygen atoms in total. The lowest BCUT2D eigenvalue weighted by Gasteiger charge is -2.32. The highest BCUT2D eigenvalue weighted by atomic mass is 35.5. The van der Waals surface area contributed by atoms with Gasteiger partial charge >= 0.3 is 0 Å². The maximum atomic E-state index is 12.8. The summed E-state index contributed by atoms with van der Waals surface area (Å²) in [6, 6.07) is 0.564. The Hall–Kier alpha value is -0.280. The normalized spacial score (nSPS) is 27.6. The summed E-state index contributed by atoms with van der Waals surface area (Å²) < 4.78 is 0. The fourth-order valence-electron chi connectivity index (χ4n) is 4.63. The van der Waals surface area contributed by atoms with E-state index in [-0.39, 0.29) is 12.4 Å². The SMILES string of the molecule is Cl.O=C(C1CCNCC1)N1CCCC1CCC1CCCCC1. The first-order chi connectivity index (χ1) is 10.3. The first-order valence-electron chi connectivity index (χ1n) is 9.36.